The molecule has 3 aromatic rings. The van der Waals surface area contributed by atoms with Crippen LogP contribution in [0.4, 0.5) is 0 Å². The van der Waals surface area contributed by atoms with Crippen molar-refractivity contribution in [2.24, 2.45) is 0 Å². The number of rotatable bonds is 9. The predicted molar refractivity (Wildman–Crippen MR) is 125 cm³/mol. The van der Waals surface area contributed by atoms with Gasteiger partial charge in [0.2, 0.25) is 10.0 Å². The number of sulfonamides is 1. The van der Waals surface area contributed by atoms with E-state index < -0.39 is 16.0 Å². The van der Waals surface area contributed by atoms with Gasteiger partial charge in [-0.1, -0.05) is 11.8 Å². The molecule has 0 saturated carbocycles. The normalized spacial score (nSPS) is 11.8. The Bertz CT molecular complexity index is 1330. The molecule has 0 amide bonds. The lowest BCUT2D eigenvalue weighted by Gasteiger charge is -2.12. The number of carbonyl (C=O) groups excluding carboxylic acids is 1. The number of aryl methyl sites for hydroxylation is 2. The zero-order valence-electron chi connectivity index (χ0n) is 19.0. The molecule has 1 N–H and O–H groups in total. The van der Waals surface area contributed by atoms with E-state index in [1.807, 2.05) is 0 Å². The number of esters is 1. The van der Waals surface area contributed by atoms with E-state index in [2.05, 4.69) is 10.2 Å². The van der Waals surface area contributed by atoms with Crippen molar-refractivity contribution < 1.29 is 22.7 Å². The first-order valence-corrected chi connectivity index (χ1v) is 12.6. The number of aromatic nitrogens is 3. The summed E-state index contributed by atoms with van der Waals surface area (Å²) >= 11 is 1.35. The summed E-state index contributed by atoms with van der Waals surface area (Å²) in [5.41, 5.74) is 1.45. The van der Waals surface area contributed by atoms with E-state index >= 15 is 0 Å². The monoisotopic (exact) mass is 494 g/mol. The van der Waals surface area contributed by atoms with Crippen molar-refractivity contribution in [3.63, 3.8) is 0 Å². The van der Waals surface area contributed by atoms with Gasteiger partial charge in [-0.15, -0.1) is 5.10 Å². The molecule has 0 fully saturated rings. The molecule has 0 unspecified atom stereocenters. The van der Waals surface area contributed by atoms with Crippen molar-refractivity contribution in [1.82, 2.24) is 18.9 Å². The van der Waals surface area contributed by atoms with Crippen LogP contribution < -0.4 is 10.3 Å². The zero-order valence-corrected chi connectivity index (χ0v) is 20.7. The van der Waals surface area contributed by atoms with Gasteiger partial charge in [0, 0.05) is 25.5 Å². The van der Waals surface area contributed by atoms with Crippen molar-refractivity contribution in [2.75, 3.05) is 33.1 Å². The Morgan fingerprint density at radius 1 is 1.21 bits per heavy atom. The molecule has 0 saturated heterocycles. The van der Waals surface area contributed by atoms with Crippen LogP contribution >= 0.6 is 11.8 Å². The van der Waals surface area contributed by atoms with Gasteiger partial charge in [-0.3, -0.25) is 9.20 Å². The number of H-pyrrole nitrogens is 1. The van der Waals surface area contributed by atoms with E-state index in [4.69, 9.17) is 9.47 Å². The maximum atomic E-state index is 12.4. The van der Waals surface area contributed by atoms with Crippen molar-refractivity contribution in [1.29, 1.82) is 0 Å². The van der Waals surface area contributed by atoms with Gasteiger partial charge < -0.3 is 9.47 Å². The highest BCUT2D eigenvalue weighted by Crippen LogP contribution is 2.26. The molecule has 3 rings (SSSR count). The first-order chi connectivity index (χ1) is 15.6. The Balaban J connectivity index is 1.74. The Labute approximate surface area is 195 Å². The lowest BCUT2D eigenvalue weighted by atomic mass is 10.1. The van der Waals surface area contributed by atoms with Gasteiger partial charge in [-0.2, -0.15) is 0 Å². The number of hydrogen-bond acceptors (Lipinski definition) is 8. The first-order valence-electron chi connectivity index (χ1n) is 10.1. The number of ether oxygens (including phenoxy) is 2. The molecule has 12 heteroatoms. The molecule has 0 aliphatic carbocycles. The summed E-state index contributed by atoms with van der Waals surface area (Å²) in [6.07, 6.45) is 0. The maximum Gasteiger partial charge on any atom is 0.340 e. The fourth-order valence-electron chi connectivity index (χ4n) is 3.36. The third-order valence-corrected chi connectivity index (χ3v) is 7.71. The molecule has 33 heavy (non-hydrogen) atoms. The molecule has 10 nitrogen and oxygen atoms in total. The second-order valence-electron chi connectivity index (χ2n) is 7.28. The molecule has 0 aliphatic heterocycles. The third-order valence-electron chi connectivity index (χ3n) is 4.98. The summed E-state index contributed by atoms with van der Waals surface area (Å²) < 4.78 is 37.9. The number of nitrogens with one attached hydrogen (secondary N) is 1. The highest BCUT2D eigenvalue weighted by molar-refractivity contribution is 7.99. The predicted octanol–water partition coefficient (Wildman–Crippen LogP) is 2.24. The largest absolute Gasteiger partial charge is 0.493 e. The van der Waals surface area contributed by atoms with Gasteiger partial charge in [0.15, 0.2) is 5.16 Å². The van der Waals surface area contributed by atoms with Gasteiger partial charge in [0.05, 0.1) is 23.7 Å². The minimum atomic E-state index is -3.49. The number of carbonyl (C=O) groups is 1. The smallest absolute Gasteiger partial charge is 0.340 e. The van der Waals surface area contributed by atoms with Crippen LogP contribution in [0.15, 0.2) is 39.1 Å². The van der Waals surface area contributed by atoms with E-state index in [1.54, 1.807) is 37.3 Å². The quantitative estimate of drug-likeness (QED) is 0.273. The number of hydrogen-bond donors (Lipinski definition) is 1. The second kappa shape index (κ2) is 9.98. The summed E-state index contributed by atoms with van der Waals surface area (Å²) in [5.74, 6) is 0.553. The van der Waals surface area contributed by atoms with E-state index in [0.29, 0.717) is 45.6 Å². The fraction of sp³-hybridized carbons (Fsp3) is 0.381. The zero-order chi connectivity index (χ0) is 24.3. The Morgan fingerprint density at radius 3 is 2.48 bits per heavy atom. The van der Waals surface area contributed by atoms with Crippen LogP contribution in [0.2, 0.25) is 0 Å². The van der Waals surface area contributed by atoms with Crippen LogP contribution in [0, 0.1) is 13.8 Å². The second-order valence-corrected chi connectivity index (χ2v) is 10.5. The Morgan fingerprint density at radius 2 is 1.88 bits per heavy atom. The molecule has 0 spiro atoms. The highest BCUT2D eigenvalue weighted by atomic mass is 32.2. The van der Waals surface area contributed by atoms with Gasteiger partial charge in [-0.25, -0.2) is 22.6 Å². The van der Waals surface area contributed by atoms with Crippen molar-refractivity contribution in [2.45, 2.75) is 30.8 Å². The summed E-state index contributed by atoms with van der Waals surface area (Å²) in [5, 5.41) is 7.13. The minimum Gasteiger partial charge on any atom is -0.493 e. The van der Waals surface area contributed by atoms with Crippen molar-refractivity contribution in [3.8, 4) is 5.75 Å². The summed E-state index contributed by atoms with van der Waals surface area (Å²) in [6.45, 7) is 5.73. The third kappa shape index (κ3) is 4.92. The Hall–Kier alpha value is -2.83. The number of nitrogens with zero attached hydrogens (tertiary/aromatic N) is 3. The molecular formula is C21H26N4O6S2. The van der Waals surface area contributed by atoms with Crippen LogP contribution in [0.1, 0.15) is 28.5 Å². The molecule has 0 bridgehead atoms. The first kappa shape index (κ1) is 24.8. The molecule has 178 valence electrons. The average molecular weight is 495 g/mol. The number of aromatic amines is 1. The van der Waals surface area contributed by atoms with Crippen LogP contribution in [0.25, 0.3) is 5.52 Å². The lowest BCUT2D eigenvalue weighted by Crippen LogP contribution is -2.22. The average Bonchev–Trinajstić information content (AvgIpc) is 3.04. The molecule has 0 aliphatic rings. The summed E-state index contributed by atoms with van der Waals surface area (Å²) in [7, 11) is -0.545. The van der Waals surface area contributed by atoms with E-state index in [1.165, 1.54) is 38.0 Å². The summed E-state index contributed by atoms with van der Waals surface area (Å²) in [6, 6.07) is 6.19. The minimum absolute atomic E-state index is 0.185. The molecule has 0 radical (unpaired) electrons. The topological polar surface area (TPSA) is 123 Å². The standard InChI is InChI=1S/C21H26N4O6S2/c1-6-30-20(27)17-13(2)18-19(26)22-23-21(25(18)14(17)3)32-12-11-31-15-7-9-16(10-8-15)33(28,29)24(4)5/h7-10H,6,11-12H2,1-5H3,(H,22,26). The van der Waals surface area contributed by atoms with E-state index in [0.717, 1.165) is 4.31 Å². The molecule has 0 atom stereocenters. The van der Waals surface area contributed by atoms with Crippen molar-refractivity contribution >= 4 is 33.3 Å². The highest BCUT2D eigenvalue weighted by Gasteiger charge is 2.24. The van der Waals surface area contributed by atoms with Gasteiger partial charge in [0.25, 0.3) is 5.56 Å². The van der Waals surface area contributed by atoms with Crippen LogP contribution in [0.5, 0.6) is 5.75 Å². The van der Waals surface area contributed by atoms with E-state index in [9.17, 15) is 18.0 Å². The Kier molecular flexibility index (Phi) is 7.50. The number of fused-ring (bicyclic) bond motifs is 1. The van der Waals surface area contributed by atoms with Gasteiger partial charge >= 0.3 is 5.97 Å². The SMILES string of the molecule is CCOC(=O)c1c(C)c2c(=O)[nH]nc(SCCOc3ccc(S(=O)(=O)N(C)C)cc3)n2c1C. The molecule has 2 aromatic heterocycles. The van der Waals surface area contributed by atoms with Crippen LogP contribution in [0.3, 0.4) is 0 Å². The van der Waals surface area contributed by atoms with Crippen molar-refractivity contribution in [3.05, 3.63) is 51.4 Å². The fourth-order valence-corrected chi connectivity index (χ4v) is 5.08. The molecule has 1 aromatic carbocycles. The van der Waals surface area contributed by atoms with Gasteiger partial charge in [0.1, 0.15) is 11.3 Å². The lowest BCUT2D eigenvalue weighted by molar-refractivity contribution is 0.0525. The van der Waals surface area contributed by atoms with Gasteiger partial charge in [-0.05, 0) is 50.6 Å². The number of benzene rings is 1. The van der Waals surface area contributed by atoms with Crippen LogP contribution in [-0.4, -0.2) is 66.4 Å². The molecular weight excluding hydrogens is 468 g/mol. The summed E-state index contributed by atoms with van der Waals surface area (Å²) in [4.78, 5) is 25.0. The molecule has 2 heterocycles. The maximum absolute atomic E-state index is 12.4. The number of thioether (sulfide) groups is 1. The van der Waals surface area contributed by atoms with Crippen LogP contribution in [-0.2, 0) is 14.8 Å². The van der Waals surface area contributed by atoms with E-state index in [-0.39, 0.29) is 17.1 Å².